The zero-order valence-electron chi connectivity index (χ0n) is 16.9. The van der Waals surface area contributed by atoms with E-state index in [9.17, 15) is 9.59 Å². The second-order valence-electron chi connectivity index (χ2n) is 9.30. The number of nitrogens with one attached hydrogen (secondary N) is 1. The summed E-state index contributed by atoms with van der Waals surface area (Å²) < 4.78 is 11.1. The van der Waals surface area contributed by atoms with Crippen molar-refractivity contribution >= 4 is 12.1 Å². The molecule has 1 N–H and O–H groups in total. The molecule has 1 saturated carbocycles. The number of hydrogen-bond acceptors (Lipinski definition) is 4. The van der Waals surface area contributed by atoms with Crippen LogP contribution < -0.4 is 5.32 Å². The number of carbonyl (C=O) groups is 2. The molecule has 0 bridgehead atoms. The van der Waals surface area contributed by atoms with Crippen LogP contribution in [0.5, 0.6) is 0 Å². The molecule has 0 aromatic carbocycles. The fourth-order valence-electron chi connectivity index (χ4n) is 2.82. The third-order valence-electron chi connectivity index (χ3n) is 4.41. The number of unbranched alkanes of at least 4 members (excludes halogenated alkanes) is 1. The minimum Gasteiger partial charge on any atom is -0.458 e. The molecule has 144 valence electrons. The van der Waals surface area contributed by atoms with Crippen molar-refractivity contribution in [2.24, 2.45) is 11.3 Å². The molecular weight excluding hydrogens is 318 g/mol. The van der Waals surface area contributed by atoms with Crippen LogP contribution >= 0.6 is 0 Å². The normalized spacial score (nSPS) is 24.2. The Morgan fingerprint density at radius 2 is 1.88 bits per heavy atom. The van der Waals surface area contributed by atoms with Gasteiger partial charge in [-0.05, 0) is 58.8 Å². The summed E-state index contributed by atoms with van der Waals surface area (Å²) in [7, 11) is 0. The Bertz CT molecular complexity index is 501. The zero-order valence-corrected chi connectivity index (χ0v) is 16.9. The largest absolute Gasteiger partial charge is 0.458 e. The van der Waals surface area contributed by atoms with Gasteiger partial charge < -0.3 is 14.8 Å². The van der Waals surface area contributed by atoms with E-state index in [0.717, 1.165) is 25.7 Å². The molecule has 5 nitrogen and oxygen atoms in total. The fraction of sp³-hybridized carbons (Fsp3) is 0.800. The molecule has 0 aromatic rings. The van der Waals surface area contributed by atoms with Gasteiger partial charge in [0.15, 0.2) is 0 Å². The van der Waals surface area contributed by atoms with Gasteiger partial charge in [0.1, 0.15) is 17.2 Å². The van der Waals surface area contributed by atoms with Gasteiger partial charge in [-0.15, -0.1) is 6.58 Å². The number of esters is 1. The highest BCUT2D eigenvalue weighted by Crippen LogP contribution is 2.49. The predicted molar refractivity (Wildman–Crippen MR) is 99.3 cm³/mol. The first-order chi connectivity index (χ1) is 11.3. The van der Waals surface area contributed by atoms with Crippen LogP contribution in [0.4, 0.5) is 4.79 Å². The fourth-order valence-corrected chi connectivity index (χ4v) is 2.82. The maximum Gasteiger partial charge on any atom is 0.408 e. The minimum absolute atomic E-state index is 0.382. The second-order valence-corrected chi connectivity index (χ2v) is 9.30. The lowest BCUT2D eigenvalue weighted by Gasteiger charge is -2.32. The Kier molecular flexibility index (Phi) is 6.71. The first-order valence-electron chi connectivity index (χ1n) is 9.12. The summed E-state index contributed by atoms with van der Waals surface area (Å²) in [4.78, 5) is 24.8. The molecule has 1 aliphatic carbocycles. The van der Waals surface area contributed by atoms with Crippen LogP contribution in [0.15, 0.2) is 12.7 Å². The molecular formula is C20H35NO4. The van der Waals surface area contributed by atoms with E-state index < -0.39 is 34.7 Å². The van der Waals surface area contributed by atoms with Crippen LogP contribution in [0.3, 0.4) is 0 Å². The quantitative estimate of drug-likeness (QED) is 0.412. The molecule has 0 aromatic heterocycles. The second kappa shape index (κ2) is 7.79. The van der Waals surface area contributed by atoms with Gasteiger partial charge in [-0.3, -0.25) is 0 Å². The molecule has 0 spiro atoms. The summed E-state index contributed by atoms with van der Waals surface area (Å²) in [6, 6.07) is -0.763. The Hall–Kier alpha value is -1.52. The van der Waals surface area contributed by atoms with Crippen molar-refractivity contribution in [3.05, 3.63) is 12.7 Å². The lowest BCUT2D eigenvalue weighted by atomic mass is 9.86. The number of allylic oxidation sites excluding steroid dienone is 1. The molecule has 1 amide bonds. The van der Waals surface area contributed by atoms with E-state index in [2.05, 4.69) is 11.9 Å². The summed E-state index contributed by atoms with van der Waals surface area (Å²) in [5.74, 6) is -0.0618. The molecule has 3 atom stereocenters. The van der Waals surface area contributed by atoms with Gasteiger partial charge >= 0.3 is 12.1 Å². The van der Waals surface area contributed by atoms with Gasteiger partial charge in [0, 0.05) is 5.92 Å². The molecule has 3 unspecified atom stereocenters. The third kappa shape index (κ3) is 7.09. The summed E-state index contributed by atoms with van der Waals surface area (Å²) in [5.41, 5.74) is -1.51. The van der Waals surface area contributed by atoms with Gasteiger partial charge in [-0.2, -0.15) is 0 Å². The van der Waals surface area contributed by atoms with Gasteiger partial charge in [-0.1, -0.05) is 26.8 Å². The number of amides is 1. The molecule has 0 aliphatic heterocycles. The monoisotopic (exact) mass is 353 g/mol. The topological polar surface area (TPSA) is 64.6 Å². The molecule has 1 rings (SSSR count). The third-order valence-corrected chi connectivity index (χ3v) is 4.41. The predicted octanol–water partition coefficient (Wildman–Crippen LogP) is 4.60. The molecule has 0 radical (unpaired) electrons. The number of rotatable bonds is 7. The van der Waals surface area contributed by atoms with E-state index in [1.165, 1.54) is 0 Å². The first-order valence-corrected chi connectivity index (χ1v) is 9.12. The van der Waals surface area contributed by atoms with E-state index in [-0.39, 0.29) is 0 Å². The van der Waals surface area contributed by atoms with Crippen LogP contribution in [-0.2, 0) is 14.3 Å². The van der Waals surface area contributed by atoms with Crippen molar-refractivity contribution < 1.29 is 19.1 Å². The van der Waals surface area contributed by atoms with Crippen molar-refractivity contribution in [2.45, 2.75) is 91.4 Å². The molecule has 0 heterocycles. The zero-order chi connectivity index (χ0) is 19.5. The SMILES string of the molecule is C=CCCCC1CC1(C)OC(=O)NC(C(=O)OC(C)(C)C)C(C)(C)C. The van der Waals surface area contributed by atoms with Crippen LogP contribution in [0.1, 0.15) is 74.1 Å². The van der Waals surface area contributed by atoms with Gasteiger partial charge in [0.05, 0.1) is 0 Å². The molecule has 0 saturated heterocycles. The summed E-state index contributed by atoms with van der Waals surface area (Å²) in [6.45, 7) is 16.8. The number of hydrogen-bond donors (Lipinski definition) is 1. The number of alkyl carbamates (subject to hydrolysis) is 1. The van der Waals surface area contributed by atoms with E-state index in [4.69, 9.17) is 9.47 Å². The number of carbonyl (C=O) groups excluding carboxylic acids is 2. The van der Waals surface area contributed by atoms with Crippen LogP contribution in [0.25, 0.3) is 0 Å². The van der Waals surface area contributed by atoms with E-state index >= 15 is 0 Å². The number of ether oxygens (including phenoxy) is 2. The van der Waals surface area contributed by atoms with E-state index in [0.29, 0.717) is 5.92 Å². The summed E-state index contributed by atoms with van der Waals surface area (Å²) in [5, 5.41) is 2.71. The highest BCUT2D eigenvalue weighted by Gasteiger charge is 2.53. The van der Waals surface area contributed by atoms with Crippen LogP contribution in [0.2, 0.25) is 0 Å². The average Bonchev–Trinajstić information content (AvgIpc) is 3.02. The van der Waals surface area contributed by atoms with Gasteiger partial charge in [-0.25, -0.2) is 9.59 Å². The van der Waals surface area contributed by atoms with E-state index in [1.54, 1.807) is 0 Å². The van der Waals surface area contributed by atoms with Crippen molar-refractivity contribution in [3.8, 4) is 0 Å². The summed E-state index contributed by atoms with van der Waals surface area (Å²) >= 11 is 0. The van der Waals surface area contributed by atoms with Crippen LogP contribution in [-0.4, -0.2) is 29.3 Å². The van der Waals surface area contributed by atoms with Gasteiger partial charge in [0.2, 0.25) is 0 Å². The smallest absolute Gasteiger partial charge is 0.408 e. The van der Waals surface area contributed by atoms with Crippen molar-refractivity contribution in [1.82, 2.24) is 5.32 Å². The maximum atomic E-state index is 12.5. The van der Waals surface area contributed by atoms with Crippen LogP contribution in [0, 0.1) is 11.3 Å². The molecule has 5 heteroatoms. The molecule has 1 aliphatic rings. The lowest BCUT2D eigenvalue weighted by Crippen LogP contribution is -2.52. The Morgan fingerprint density at radius 1 is 1.28 bits per heavy atom. The molecule has 1 fully saturated rings. The molecule has 25 heavy (non-hydrogen) atoms. The Balaban J connectivity index is 2.62. The standard InChI is InChI=1S/C20H35NO4/c1-9-10-11-12-14-13-20(14,8)25-17(23)21-15(18(2,3)4)16(22)24-19(5,6)7/h9,14-15H,1,10-13H2,2-8H3,(H,21,23). The van der Waals surface area contributed by atoms with Gasteiger partial charge in [0.25, 0.3) is 0 Å². The van der Waals surface area contributed by atoms with E-state index in [1.807, 2.05) is 54.5 Å². The highest BCUT2D eigenvalue weighted by atomic mass is 16.6. The summed E-state index contributed by atoms with van der Waals surface area (Å²) in [6.07, 6.45) is 5.26. The Labute approximate surface area is 152 Å². The van der Waals surface area contributed by atoms with Crippen molar-refractivity contribution in [1.29, 1.82) is 0 Å². The lowest BCUT2D eigenvalue weighted by molar-refractivity contribution is -0.160. The van der Waals surface area contributed by atoms with Crippen molar-refractivity contribution in [3.63, 3.8) is 0 Å². The Morgan fingerprint density at radius 3 is 2.36 bits per heavy atom. The maximum absolute atomic E-state index is 12.5. The average molecular weight is 354 g/mol. The minimum atomic E-state index is -0.763. The first kappa shape index (κ1) is 21.5. The van der Waals surface area contributed by atoms with Crippen molar-refractivity contribution in [2.75, 3.05) is 0 Å². The highest BCUT2D eigenvalue weighted by molar-refractivity contribution is 5.82.